The van der Waals surface area contributed by atoms with Gasteiger partial charge in [0.1, 0.15) is 20.3 Å². The van der Waals surface area contributed by atoms with Crippen LogP contribution in [0.3, 0.4) is 0 Å². The Labute approximate surface area is 234 Å². The summed E-state index contributed by atoms with van der Waals surface area (Å²) in [7, 11) is -2.95. The Morgan fingerprint density at radius 2 is 2.00 bits per heavy atom. The predicted molar refractivity (Wildman–Crippen MR) is 150 cm³/mol. The molecule has 0 unspecified atom stereocenters. The van der Waals surface area contributed by atoms with Crippen LogP contribution in [0.5, 0.6) is 0 Å². The lowest BCUT2D eigenvalue weighted by Gasteiger charge is -2.24. The van der Waals surface area contributed by atoms with E-state index in [1.165, 1.54) is 0 Å². The molecule has 1 N–H and O–H groups in total. The van der Waals surface area contributed by atoms with Gasteiger partial charge >= 0.3 is 0 Å². The molecule has 1 saturated heterocycles. The number of carbonyl (C=O) groups excluding carboxylic acids is 1. The molecule has 1 aromatic carbocycles. The minimum Gasteiger partial charge on any atom is -0.353 e. The van der Waals surface area contributed by atoms with Gasteiger partial charge in [-0.2, -0.15) is 5.10 Å². The molecule has 4 heterocycles. The van der Waals surface area contributed by atoms with Gasteiger partial charge < -0.3 is 5.32 Å². The Morgan fingerprint density at radius 3 is 2.79 bits per heavy atom. The standard InChI is InChI=1S/C27H26BrN7O3S/c1-29-22-14-20(13-17-3-2-8-30-24(17)22)35-26-21(25(28)34-35)15-31-23(33-26)12-16-4-5-18(11-16)27(36)32-19-6-9-39(37,38)10-7-19/h2-3,8,13-16,18-19H,4-7,9-12H2,(H,32,36)/t16-,18-/m1/s1. The Balaban J connectivity index is 1.19. The van der Waals surface area contributed by atoms with Crippen molar-refractivity contribution in [3.8, 4) is 5.69 Å². The SMILES string of the molecule is [C-]#[N+]c1cc(-n2nc(Br)c3cnc(C[C@@H]4CC[C@@H](C(=O)NC5CCS(=O)(=O)CC5)C4)nc32)cc2cccnc12. The van der Waals surface area contributed by atoms with E-state index in [4.69, 9.17) is 11.6 Å². The molecule has 6 rings (SSSR count). The maximum absolute atomic E-state index is 12.9. The molecule has 0 radical (unpaired) electrons. The highest BCUT2D eigenvalue weighted by Gasteiger charge is 2.33. The number of hydrogen-bond acceptors (Lipinski definition) is 7. The van der Waals surface area contributed by atoms with Gasteiger partial charge in [-0.25, -0.2) is 27.9 Å². The van der Waals surface area contributed by atoms with E-state index in [0.717, 1.165) is 35.7 Å². The molecule has 39 heavy (non-hydrogen) atoms. The Morgan fingerprint density at radius 1 is 1.18 bits per heavy atom. The predicted octanol–water partition coefficient (Wildman–Crippen LogP) is 4.33. The Bertz CT molecular complexity index is 1730. The van der Waals surface area contributed by atoms with E-state index in [-0.39, 0.29) is 35.3 Å². The maximum Gasteiger partial charge on any atom is 0.223 e. The highest BCUT2D eigenvalue weighted by atomic mass is 79.9. The summed E-state index contributed by atoms with van der Waals surface area (Å²) in [6.07, 6.45) is 7.55. The van der Waals surface area contributed by atoms with Crippen LogP contribution in [0, 0.1) is 18.4 Å². The molecular formula is C27H26BrN7O3S. The van der Waals surface area contributed by atoms with Crippen molar-refractivity contribution in [3.63, 3.8) is 0 Å². The zero-order chi connectivity index (χ0) is 27.1. The number of hydrogen-bond donors (Lipinski definition) is 1. The quantitative estimate of drug-likeness (QED) is 0.335. The average Bonchev–Trinajstić information content (AvgIpc) is 3.53. The first-order chi connectivity index (χ1) is 18.8. The number of pyridine rings is 1. The molecule has 10 nitrogen and oxygen atoms in total. The molecule has 1 aliphatic carbocycles. The minimum atomic E-state index is -2.95. The van der Waals surface area contributed by atoms with Gasteiger partial charge in [0.2, 0.25) is 11.6 Å². The third-order valence-electron chi connectivity index (χ3n) is 7.75. The number of benzene rings is 1. The smallest absolute Gasteiger partial charge is 0.223 e. The van der Waals surface area contributed by atoms with Gasteiger partial charge in [-0.15, -0.1) is 0 Å². The monoisotopic (exact) mass is 607 g/mol. The second-order valence-electron chi connectivity index (χ2n) is 10.4. The molecule has 1 amide bonds. The largest absolute Gasteiger partial charge is 0.353 e. The Hall–Kier alpha value is -3.43. The molecule has 2 aliphatic rings. The van der Waals surface area contributed by atoms with Gasteiger partial charge in [0.05, 0.1) is 34.7 Å². The first-order valence-corrected chi connectivity index (χ1v) is 15.6. The van der Waals surface area contributed by atoms with E-state index in [0.29, 0.717) is 46.5 Å². The molecule has 1 aliphatic heterocycles. The fourth-order valence-electron chi connectivity index (χ4n) is 5.66. The summed E-state index contributed by atoms with van der Waals surface area (Å²) in [5.74, 6) is 1.22. The summed E-state index contributed by atoms with van der Waals surface area (Å²) >= 11 is 3.52. The van der Waals surface area contributed by atoms with E-state index >= 15 is 0 Å². The second kappa shape index (κ2) is 10.3. The summed E-state index contributed by atoms with van der Waals surface area (Å²) in [6.45, 7) is 7.61. The summed E-state index contributed by atoms with van der Waals surface area (Å²) < 4.78 is 25.7. The lowest BCUT2D eigenvalue weighted by atomic mass is 10.00. The zero-order valence-electron chi connectivity index (χ0n) is 21.0. The maximum atomic E-state index is 12.9. The fourth-order valence-corrected chi connectivity index (χ4v) is 7.59. The van der Waals surface area contributed by atoms with Crippen LogP contribution in [0.4, 0.5) is 5.69 Å². The summed E-state index contributed by atoms with van der Waals surface area (Å²) in [5, 5.41) is 9.33. The van der Waals surface area contributed by atoms with Crippen molar-refractivity contribution in [2.24, 2.45) is 11.8 Å². The first-order valence-electron chi connectivity index (χ1n) is 13.0. The molecular weight excluding hydrogens is 582 g/mol. The summed E-state index contributed by atoms with van der Waals surface area (Å²) in [6, 6.07) is 7.42. The van der Waals surface area contributed by atoms with Crippen molar-refractivity contribution in [3.05, 3.63) is 58.5 Å². The van der Waals surface area contributed by atoms with Crippen LogP contribution >= 0.6 is 15.9 Å². The van der Waals surface area contributed by atoms with Crippen molar-refractivity contribution in [2.45, 2.75) is 44.6 Å². The Kier molecular flexibility index (Phi) is 6.81. The van der Waals surface area contributed by atoms with E-state index in [2.05, 4.69) is 41.2 Å². The number of fused-ring (bicyclic) bond motifs is 2. The average molecular weight is 609 g/mol. The highest BCUT2D eigenvalue weighted by molar-refractivity contribution is 9.10. The van der Waals surface area contributed by atoms with Gasteiger partial charge in [-0.3, -0.25) is 9.78 Å². The van der Waals surface area contributed by atoms with Crippen LogP contribution in [0.25, 0.3) is 32.5 Å². The molecule has 200 valence electrons. The third kappa shape index (κ3) is 5.25. The lowest BCUT2D eigenvalue weighted by Crippen LogP contribution is -2.43. The number of carbonyl (C=O) groups is 1. The van der Waals surface area contributed by atoms with E-state index in [1.807, 2.05) is 18.2 Å². The van der Waals surface area contributed by atoms with Crippen LogP contribution in [-0.2, 0) is 21.1 Å². The van der Waals surface area contributed by atoms with Crippen LogP contribution in [0.2, 0.25) is 0 Å². The van der Waals surface area contributed by atoms with Gasteiger partial charge in [-0.05, 0) is 77.5 Å². The third-order valence-corrected chi connectivity index (χ3v) is 10.0. The van der Waals surface area contributed by atoms with Crippen molar-refractivity contribution in [1.29, 1.82) is 0 Å². The molecule has 3 aromatic heterocycles. The van der Waals surface area contributed by atoms with Gasteiger partial charge in [0.25, 0.3) is 0 Å². The molecule has 4 aromatic rings. The molecule has 0 bridgehead atoms. The van der Waals surface area contributed by atoms with Crippen LogP contribution in [0.1, 0.15) is 37.9 Å². The van der Waals surface area contributed by atoms with E-state index in [1.54, 1.807) is 23.1 Å². The summed E-state index contributed by atoms with van der Waals surface area (Å²) in [4.78, 5) is 30.3. The van der Waals surface area contributed by atoms with Crippen molar-refractivity contribution < 1.29 is 13.2 Å². The molecule has 12 heteroatoms. The van der Waals surface area contributed by atoms with Crippen molar-refractivity contribution >= 4 is 59.3 Å². The molecule has 2 atom stereocenters. The number of aromatic nitrogens is 5. The van der Waals surface area contributed by atoms with Crippen molar-refractivity contribution in [2.75, 3.05) is 11.5 Å². The van der Waals surface area contributed by atoms with Crippen LogP contribution in [0.15, 0.2) is 41.3 Å². The number of halogens is 1. The zero-order valence-corrected chi connectivity index (χ0v) is 23.4. The number of nitrogens with one attached hydrogen (secondary N) is 1. The second-order valence-corrected chi connectivity index (χ2v) is 13.4. The molecule has 2 fully saturated rings. The number of sulfone groups is 1. The van der Waals surface area contributed by atoms with Gasteiger partial charge in [0.15, 0.2) is 5.65 Å². The van der Waals surface area contributed by atoms with Crippen LogP contribution < -0.4 is 5.32 Å². The van der Waals surface area contributed by atoms with Crippen molar-refractivity contribution in [1.82, 2.24) is 30.0 Å². The van der Waals surface area contributed by atoms with Gasteiger partial charge in [0, 0.05) is 30.8 Å². The van der Waals surface area contributed by atoms with E-state index in [9.17, 15) is 13.2 Å². The molecule has 1 saturated carbocycles. The molecule has 0 spiro atoms. The summed E-state index contributed by atoms with van der Waals surface area (Å²) in [5.41, 5.74) is 2.46. The normalized spacial score (nSPS) is 21.2. The minimum absolute atomic E-state index is 0.0292. The van der Waals surface area contributed by atoms with Crippen LogP contribution in [-0.4, -0.2) is 56.6 Å². The number of nitrogens with zero attached hydrogens (tertiary/aromatic N) is 6. The highest BCUT2D eigenvalue weighted by Crippen LogP contribution is 2.34. The van der Waals surface area contributed by atoms with Gasteiger partial charge in [-0.1, -0.05) is 6.07 Å². The van der Waals surface area contributed by atoms with E-state index < -0.39 is 9.84 Å². The number of amides is 1. The first kappa shape index (κ1) is 25.8. The number of rotatable bonds is 5. The fraction of sp³-hybridized carbons (Fsp3) is 0.407. The topological polar surface area (TPSA) is 124 Å². The lowest BCUT2D eigenvalue weighted by molar-refractivity contribution is -0.125.